The maximum atomic E-state index is 13.1. The molecule has 0 radical (unpaired) electrons. The lowest BCUT2D eigenvalue weighted by Gasteiger charge is -2.14. The van der Waals surface area contributed by atoms with E-state index in [4.69, 9.17) is 4.74 Å². The molecule has 0 unspecified atom stereocenters. The number of ether oxygens (including phenoxy) is 1. The highest BCUT2D eigenvalue weighted by Crippen LogP contribution is 2.22. The minimum atomic E-state index is -0.404. The van der Waals surface area contributed by atoms with E-state index in [2.05, 4.69) is 10.4 Å². The number of fused-ring (bicyclic) bond motifs is 1. The van der Waals surface area contributed by atoms with Crippen molar-refractivity contribution in [3.8, 4) is 5.75 Å². The zero-order valence-electron chi connectivity index (χ0n) is 17.2. The number of carbonyl (C=O) groups excluding carboxylic acids is 1. The molecule has 31 heavy (non-hydrogen) atoms. The Hall–Kier alpha value is -3.58. The number of nitrogens with one attached hydrogen (secondary N) is 1. The summed E-state index contributed by atoms with van der Waals surface area (Å²) in [5.41, 5.74) is 5.68. The standard InChI is InChI=1S/C24H21N3O3S/c1-16-7-9-17(10-8-16)15-31-24-25-21-6-4-3-5-20(21)23(29)27(24)26-22(28)18-11-13-19(30-2)14-12-18/h3-14H,15H2,1-2H3,(H,26,28). The van der Waals surface area contributed by atoms with Gasteiger partial charge in [-0.1, -0.05) is 53.7 Å². The predicted molar refractivity (Wildman–Crippen MR) is 123 cm³/mol. The average molecular weight is 432 g/mol. The molecule has 1 amide bonds. The third-order valence-corrected chi connectivity index (χ3v) is 5.81. The quantitative estimate of drug-likeness (QED) is 0.362. The zero-order chi connectivity index (χ0) is 21.8. The third-order valence-electron chi connectivity index (χ3n) is 4.80. The Kier molecular flexibility index (Phi) is 6.04. The minimum absolute atomic E-state index is 0.320. The largest absolute Gasteiger partial charge is 0.497 e. The van der Waals surface area contributed by atoms with Gasteiger partial charge in [0.25, 0.3) is 11.5 Å². The Labute approximate surface area is 183 Å². The van der Waals surface area contributed by atoms with Crippen molar-refractivity contribution in [3.05, 3.63) is 99.8 Å². The molecule has 7 heteroatoms. The molecule has 0 saturated heterocycles. The summed E-state index contributed by atoms with van der Waals surface area (Å²) in [6.45, 7) is 2.04. The number of carbonyl (C=O) groups is 1. The van der Waals surface area contributed by atoms with Gasteiger partial charge < -0.3 is 4.74 Å². The topological polar surface area (TPSA) is 73.2 Å². The molecular weight excluding hydrogens is 410 g/mol. The van der Waals surface area contributed by atoms with E-state index in [-0.39, 0.29) is 5.56 Å². The van der Waals surface area contributed by atoms with Gasteiger partial charge in [-0.15, -0.1) is 0 Å². The van der Waals surface area contributed by atoms with Crippen molar-refractivity contribution in [1.82, 2.24) is 9.66 Å². The van der Waals surface area contributed by atoms with E-state index in [1.165, 1.54) is 22.0 Å². The van der Waals surface area contributed by atoms with E-state index in [1.54, 1.807) is 49.6 Å². The normalized spacial score (nSPS) is 10.8. The molecule has 0 aliphatic carbocycles. The number of rotatable bonds is 6. The summed E-state index contributed by atoms with van der Waals surface area (Å²) in [7, 11) is 1.56. The molecule has 0 atom stereocenters. The van der Waals surface area contributed by atoms with Crippen molar-refractivity contribution in [2.24, 2.45) is 0 Å². The summed E-state index contributed by atoms with van der Waals surface area (Å²) in [5, 5.41) is 0.864. The number of aromatic nitrogens is 2. The number of amides is 1. The van der Waals surface area contributed by atoms with Gasteiger partial charge in [-0.05, 0) is 48.9 Å². The molecule has 0 saturated carbocycles. The van der Waals surface area contributed by atoms with Gasteiger partial charge >= 0.3 is 0 Å². The van der Waals surface area contributed by atoms with Crippen LogP contribution in [0, 0.1) is 6.92 Å². The van der Waals surface area contributed by atoms with Crippen LogP contribution in [0.25, 0.3) is 10.9 Å². The van der Waals surface area contributed by atoms with Gasteiger partial charge in [0.15, 0.2) is 5.16 Å². The number of benzene rings is 3. The van der Waals surface area contributed by atoms with Crippen LogP contribution in [0.5, 0.6) is 5.75 Å². The molecule has 0 bridgehead atoms. The Morgan fingerprint density at radius 3 is 2.45 bits per heavy atom. The molecule has 0 aliphatic rings. The second kappa shape index (κ2) is 9.06. The summed E-state index contributed by atoms with van der Waals surface area (Å²) in [4.78, 5) is 30.6. The van der Waals surface area contributed by atoms with Crippen LogP contribution in [0.15, 0.2) is 82.7 Å². The van der Waals surface area contributed by atoms with Crippen molar-refractivity contribution in [2.45, 2.75) is 17.8 Å². The van der Waals surface area contributed by atoms with E-state index >= 15 is 0 Å². The molecule has 0 spiro atoms. The molecule has 1 aromatic heterocycles. The van der Waals surface area contributed by atoms with Crippen molar-refractivity contribution >= 4 is 28.6 Å². The SMILES string of the molecule is COc1ccc(C(=O)Nn2c(SCc3ccc(C)cc3)nc3ccccc3c2=O)cc1. The van der Waals surface area contributed by atoms with Crippen LogP contribution in [0.4, 0.5) is 0 Å². The van der Waals surface area contributed by atoms with Gasteiger partial charge in [0.05, 0.1) is 18.0 Å². The van der Waals surface area contributed by atoms with Crippen molar-refractivity contribution < 1.29 is 9.53 Å². The van der Waals surface area contributed by atoms with Crippen LogP contribution < -0.4 is 15.7 Å². The van der Waals surface area contributed by atoms with Gasteiger partial charge in [-0.2, -0.15) is 4.68 Å². The van der Waals surface area contributed by atoms with E-state index in [1.807, 2.05) is 37.3 Å². The van der Waals surface area contributed by atoms with Gasteiger partial charge in [0, 0.05) is 11.3 Å². The lowest BCUT2D eigenvalue weighted by molar-refractivity contribution is 0.100. The molecule has 4 rings (SSSR count). The molecule has 0 aliphatic heterocycles. The average Bonchev–Trinajstić information content (AvgIpc) is 2.81. The van der Waals surface area contributed by atoms with Crippen LogP contribution in [-0.4, -0.2) is 22.7 Å². The molecule has 3 aromatic carbocycles. The number of thioether (sulfide) groups is 1. The maximum absolute atomic E-state index is 13.1. The minimum Gasteiger partial charge on any atom is -0.497 e. The highest BCUT2D eigenvalue weighted by molar-refractivity contribution is 7.98. The summed E-state index contributed by atoms with van der Waals surface area (Å²) in [5.74, 6) is 0.859. The Morgan fingerprint density at radius 2 is 1.74 bits per heavy atom. The highest BCUT2D eigenvalue weighted by Gasteiger charge is 2.15. The number of hydrogen-bond acceptors (Lipinski definition) is 5. The Balaban J connectivity index is 1.68. The van der Waals surface area contributed by atoms with Gasteiger partial charge in [0.1, 0.15) is 5.75 Å². The number of methoxy groups -OCH3 is 1. The molecular formula is C24H21N3O3S. The first kappa shape index (κ1) is 20.7. The summed E-state index contributed by atoms with van der Waals surface area (Å²) >= 11 is 1.40. The first-order chi connectivity index (χ1) is 15.0. The molecule has 0 fully saturated rings. The van der Waals surface area contributed by atoms with Crippen molar-refractivity contribution in [2.75, 3.05) is 12.5 Å². The number of nitrogens with zero attached hydrogens (tertiary/aromatic N) is 2. The highest BCUT2D eigenvalue weighted by atomic mass is 32.2. The van der Waals surface area contributed by atoms with Crippen LogP contribution >= 0.6 is 11.8 Å². The maximum Gasteiger partial charge on any atom is 0.281 e. The fourth-order valence-corrected chi connectivity index (χ4v) is 3.96. The van der Waals surface area contributed by atoms with Crippen molar-refractivity contribution in [1.29, 1.82) is 0 Å². The second-order valence-electron chi connectivity index (χ2n) is 7.00. The van der Waals surface area contributed by atoms with Gasteiger partial charge in [-0.25, -0.2) is 4.98 Å². The summed E-state index contributed by atoms with van der Waals surface area (Å²) in [6.07, 6.45) is 0. The van der Waals surface area contributed by atoms with E-state index in [9.17, 15) is 9.59 Å². The van der Waals surface area contributed by atoms with Crippen LogP contribution in [-0.2, 0) is 5.75 Å². The predicted octanol–water partition coefficient (Wildman–Crippen LogP) is 4.39. The van der Waals surface area contributed by atoms with Crippen LogP contribution in [0.3, 0.4) is 0 Å². The zero-order valence-corrected chi connectivity index (χ0v) is 18.0. The van der Waals surface area contributed by atoms with E-state index in [0.29, 0.717) is 33.1 Å². The first-order valence-corrected chi connectivity index (χ1v) is 10.7. The Morgan fingerprint density at radius 1 is 1.03 bits per heavy atom. The molecule has 4 aromatic rings. The lowest BCUT2D eigenvalue weighted by atomic mass is 10.2. The number of aryl methyl sites for hydroxylation is 1. The molecule has 1 heterocycles. The second-order valence-corrected chi connectivity index (χ2v) is 7.94. The molecule has 1 N–H and O–H groups in total. The van der Waals surface area contributed by atoms with Gasteiger partial charge in [-0.3, -0.25) is 15.0 Å². The van der Waals surface area contributed by atoms with Crippen LogP contribution in [0.2, 0.25) is 0 Å². The number of para-hydroxylation sites is 1. The fourth-order valence-electron chi connectivity index (χ4n) is 3.05. The Bertz CT molecular complexity index is 1280. The molecule has 6 nitrogen and oxygen atoms in total. The van der Waals surface area contributed by atoms with Gasteiger partial charge in [0.2, 0.25) is 0 Å². The van der Waals surface area contributed by atoms with Crippen LogP contribution in [0.1, 0.15) is 21.5 Å². The summed E-state index contributed by atoms with van der Waals surface area (Å²) < 4.78 is 6.36. The van der Waals surface area contributed by atoms with E-state index in [0.717, 1.165) is 5.56 Å². The third kappa shape index (κ3) is 4.62. The fraction of sp³-hybridized carbons (Fsp3) is 0.125. The first-order valence-electron chi connectivity index (χ1n) is 9.71. The summed E-state index contributed by atoms with van der Waals surface area (Å²) in [6, 6.07) is 22.0. The van der Waals surface area contributed by atoms with Crippen molar-refractivity contribution in [3.63, 3.8) is 0 Å². The lowest BCUT2D eigenvalue weighted by Crippen LogP contribution is -2.35. The monoisotopic (exact) mass is 431 g/mol. The smallest absolute Gasteiger partial charge is 0.281 e. The van der Waals surface area contributed by atoms with E-state index < -0.39 is 5.91 Å². The number of hydrogen-bond donors (Lipinski definition) is 1. The molecule has 156 valence electrons.